The van der Waals surface area contributed by atoms with E-state index in [-0.39, 0.29) is 0 Å². The Morgan fingerprint density at radius 3 is 3.06 bits per heavy atom. The van der Waals surface area contributed by atoms with E-state index in [0.717, 1.165) is 26.0 Å². The SMILES string of the molecule is CCOC1CC(NC2CC(=O)N3CCCC23)C1. The topological polar surface area (TPSA) is 41.6 Å². The van der Waals surface area contributed by atoms with Gasteiger partial charge in [-0.05, 0) is 32.6 Å². The summed E-state index contributed by atoms with van der Waals surface area (Å²) in [6.07, 6.45) is 5.76. The highest BCUT2D eigenvalue weighted by Crippen LogP contribution is 2.31. The number of carbonyl (C=O) groups is 1. The molecule has 0 aromatic rings. The van der Waals surface area contributed by atoms with E-state index in [2.05, 4.69) is 10.2 Å². The lowest BCUT2D eigenvalue weighted by Crippen LogP contribution is -2.52. The zero-order chi connectivity index (χ0) is 11.8. The quantitative estimate of drug-likeness (QED) is 0.791. The van der Waals surface area contributed by atoms with E-state index >= 15 is 0 Å². The summed E-state index contributed by atoms with van der Waals surface area (Å²) < 4.78 is 5.56. The predicted octanol–water partition coefficient (Wildman–Crippen LogP) is 0.907. The Kier molecular flexibility index (Phi) is 3.09. The molecule has 1 amide bonds. The van der Waals surface area contributed by atoms with Crippen molar-refractivity contribution in [2.24, 2.45) is 0 Å². The second kappa shape index (κ2) is 4.58. The zero-order valence-corrected chi connectivity index (χ0v) is 10.5. The van der Waals surface area contributed by atoms with Gasteiger partial charge in [0.2, 0.25) is 5.91 Å². The van der Waals surface area contributed by atoms with Crippen LogP contribution in [-0.4, -0.2) is 48.2 Å². The number of rotatable bonds is 4. The molecule has 3 fully saturated rings. The van der Waals surface area contributed by atoms with Crippen LogP contribution in [0.5, 0.6) is 0 Å². The molecule has 17 heavy (non-hydrogen) atoms. The third-order valence-electron chi connectivity index (χ3n) is 4.43. The highest BCUT2D eigenvalue weighted by Gasteiger charge is 2.44. The van der Waals surface area contributed by atoms with Gasteiger partial charge < -0.3 is 15.0 Å². The zero-order valence-electron chi connectivity index (χ0n) is 10.5. The Balaban J connectivity index is 1.49. The summed E-state index contributed by atoms with van der Waals surface area (Å²) in [6.45, 7) is 3.84. The third-order valence-corrected chi connectivity index (χ3v) is 4.43. The maximum absolute atomic E-state index is 11.8. The van der Waals surface area contributed by atoms with E-state index in [1.807, 2.05) is 6.92 Å². The van der Waals surface area contributed by atoms with Crippen LogP contribution >= 0.6 is 0 Å². The summed E-state index contributed by atoms with van der Waals surface area (Å²) in [4.78, 5) is 13.9. The van der Waals surface area contributed by atoms with Crippen molar-refractivity contribution >= 4 is 5.91 Å². The van der Waals surface area contributed by atoms with Crippen LogP contribution in [0.3, 0.4) is 0 Å². The van der Waals surface area contributed by atoms with Gasteiger partial charge >= 0.3 is 0 Å². The Morgan fingerprint density at radius 2 is 2.29 bits per heavy atom. The fraction of sp³-hybridized carbons (Fsp3) is 0.923. The first-order valence-corrected chi connectivity index (χ1v) is 6.95. The molecular formula is C13H22N2O2. The Morgan fingerprint density at radius 1 is 1.47 bits per heavy atom. The van der Waals surface area contributed by atoms with Crippen molar-refractivity contribution in [1.29, 1.82) is 0 Å². The van der Waals surface area contributed by atoms with Gasteiger partial charge in [0, 0.05) is 37.7 Å². The van der Waals surface area contributed by atoms with Crippen molar-refractivity contribution in [2.45, 2.75) is 63.3 Å². The van der Waals surface area contributed by atoms with Crippen LogP contribution in [0.25, 0.3) is 0 Å². The maximum atomic E-state index is 11.8. The van der Waals surface area contributed by atoms with Crippen LogP contribution in [-0.2, 0) is 9.53 Å². The Labute approximate surface area is 103 Å². The molecule has 1 N–H and O–H groups in total. The van der Waals surface area contributed by atoms with Crippen LogP contribution in [0.2, 0.25) is 0 Å². The molecular weight excluding hydrogens is 216 g/mol. The van der Waals surface area contributed by atoms with Gasteiger partial charge in [0.25, 0.3) is 0 Å². The second-order valence-electron chi connectivity index (χ2n) is 5.52. The van der Waals surface area contributed by atoms with Crippen molar-refractivity contribution in [2.75, 3.05) is 13.2 Å². The second-order valence-corrected chi connectivity index (χ2v) is 5.52. The number of carbonyl (C=O) groups excluding carboxylic acids is 1. The highest BCUT2D eigenvalue weighted by molar-refractivity contribution is 5.80. The van der Waals surface area contributed by atoms with Gasteiger partial charge in [0.1, 0.15) is 0 Å². The molecule has 4 nitrogen and oxygen atoms in total. The van der Waals surface area contributed by atoms with E-state index in [1.165, 1.54) is 12.8 Å². The number of amides is 1. The molecule has 0 aromatic heterocycles. The molecule has 2 unspecified atom stereocenters. The number of ether oxygens (including phenoxy) is 1. The van der Waals surface area contributed by atoms with E-state index in [9.17, 15) is 4.79 Å². The fourth-order valence-electron chi connectivity index (χ4n) is 3.51. The smallest absolute Gasteiger partial charge is 0.224 e. The molecule has 2 aliphatic heterocycles. The summed E-state index contributed by atoms with van der Waals surface area (Å²) in [5.74, 6) is 0.352. The van der Waals surface area contributed by atoms with Gasteiger partial charge in [-0.1, -0.05) is 0 Å². The molecule has 2 saturated heterocycles. The van der Waals surface area contributed by atoms with Gasteiger partial charge in [-0.3, -0.25) is 4.79 Å². The van der Waals surface area contributed by atoms with E-state index < -0.39 is 0 Å². The number of nitrogens with one attached hydrogen (secondary N) is 1. The van der Waals surface area contributed by atoms with Crippen molar-refractivity contribution in [1.82, 2.24) is 10.2 Å². The Hall–Kier alpha value is -0.610. The van der Waals surface area contributed by atoms with Crippen molar-refractivity contribution in [3.05, 3.63) is 0 Å². The largest absolute Gasteiger partial charge is 0.378 e. The van der Waals surface area contributed by atoms with Crippen LogP contribution in [0, 0.1) is 0 Å². The van der Waals surface area contributed by atoms with E-state index in [1.54, 1.807) is 0 Å². The first kappa shape index (κ1) is 11.5. The van der Waals surface area contributed by atoms with Crippen LogP contribution in [0.4, 0.5) is 0 Å². The lowest BCUT2D eigenvalue weighted by molar-refractivity contribution is -0.127. The van der Waals surface area contributed by atoms with Gasteiger partial charge in [-0.15, -0.1) is 0 Å². The number of nitrogens with zero attached hydrogens (tertiary/aromatic N) is 1. The minimum absolute atomic E-state index is 0.352. The molecule has 0 spiro atoms. The summed E-state index contributed by atoms with van der Waals surface area (Å²) in [5.41, 5.74) is 0. The number of hydrogen-bond donors (Lipinski definition) is 1. The van der Waals surface area contributed by atoms with Crippen molar-refractivity contribution < 1.29 is 9.53 Å². The minimum atomic E-state index is 0.352. The van der Waals surface area contributed by atoms with E-state index in [0.29, 0.717) is 36.6 Å². The molecule has 2 atom stereocenters. The predicted molar refractivity (Wildman–Crippen MR) is 64.7 cm³/mol. The molecule has 0 radical (unpaired) electrons. The fourth-order valence-corrected chi connectivity index (χ4v) is 3.51. The molecule has 0 bridgehead atoms. The number of hydrogen-bond acceptors (Lipinski definition) is 3. The Bertz CT molecular complexity index is 302. The van der Waals surface area contributed by atoms with E-state index in [4.69, 9.17) is 4.74 Å². The first-order chi connectivity index (χ1) is 8.28. The standard InChI is InChI=1S/C13H22N2O2/c1-2-17-10-6-9(7-10)14-11-8-13(16)15-5-3-4-12(11)15/h9-12,14H,2-8H2,1H3. The van der Waals surface area contributed by atoms with Gasteiger partial charge in [0.15, 0.2) is 0 Å². The average molecular weight is 238 g/mol. The monoisotopic (exact) mass is 238 g/mol. The summed E-state index contributed by atoms with van der Waals surface area (Å²) in [5, 5.41) is 3.66. The van der Waals surface area contributed by atoms with Gasteiger partial charge in [-0.25, -0.2) is 0 Å². The van der Waals surface area contributed by atoms with Crippen LogP contribution in [0.15, 0.2) is 0 Å². The maximum Gasteiger partial charge on any atom is 0.224 e. The lowest BCUT2D eigenvalue weighted by atomic mass is 9.88. The summed E-state index contributed by atoms with van der Waals surface area (Å²) in [6, 6.07) is 1.45. The highest BCUT2D eigenvalue weighted by atomic mass is 16.5. The molecule has 3 rings (SSSR count). The minimum Gasteiger partial charge on any atom is -0.378 e. The normalized spacial score (nSPS) is 40.5. The van der Waals surface area contributed by atoms with Gasteiger partial charge in [0.05, 0.1) is 6.10 Å². The average Bonchev–Trinajstić information content (AvgIpc) is 2.81. The number of fused-ring (bicyclic) bond motifs is 1. The van der Waals surface area contributed by atoms with Crippen LogP contribution in [0.1, 0.15) is 39.0 Å². The van der Waals surface area contributed by atoms with Gasteiger partial charge in [-0.2, -0.15) is 0 Å². The molecule has 1 saturated carbocycles. The lowest BCUT2D eigenvalue weighted by Gasteiger charge is -2.38. The molecule has 1 aliphatic carbocycles. The molecule has 3 aliphatic rings. The molecule has 4 heteroatoms. The summed E-state index contributed by atoms with van der Waals surface area (Å²) in [7, 11) is 0. The first-order valence-electron chi connectivity index (χ1n) is 6.95. The third kappa shape index (κ3) is 2.08. The van der Waals surface area contributed by atoms with Crippen molar-refractivity contribution in [3.63, 3.8) is 0 Å². The molecule has 2 heterocycles. The molecule has 0 aromatic carbocycles. The summed E-state index contributed by atoms with van der Waals surface area (Å²) >= 11 is 0. The molecule has 96 valence electrons. The van der Waals surface area contributed by atoms with Crippen LogP contribution < -0.4 is 5.32 Å². The van der Waals surface area contributed by atoms with Crippen molar-refractivity contribution in [3.8, 4) is 0 Å².